The van der Waals surface area contributed by atoms with Gasteiger partial charge in [0.25, 0.3) is 0 Å². The van der Waals surface area contributed by atoms with Crippen LogP contribution in [0.2, 0.25) is 0 Å². The molecular weight excluding hydrogens is 1280 g/mol. The minimum Gasteiger partial charge on any atom is -0.394 e. The van der Waals surface area contributed by atoms with Crippen LogP contribution in [0.5, 0.6) is 0 Å². The van der Waals surface area contributed by atoms with Crippen LogP contribution in [-0.4, -0.2) is 344 Å². The fourth-order valence-electron chi connectivity index (χ4n) is 18.6. The van der Waals surface area contributed by atoms with Crippen LogP contribution in [0.1, 0.15) is 98.8 Å². The first-order chi connectivity index (χ1) is 45.4. The van der Waals surface area contributed by atoms with E-state index in [1.165, 1.54) is 0 Å². The third-order valence-electron chi connectivity index (χ3n) is 24.4. The van der Waals surface area contributed by atoms with Gasteiger partial charge >= 0.3 is 0 Å². The molecule has 4 aliphatic carbocycles. The summed E-state index contributed by atoms with van der Waals surface area (Å²) in [5, 5.41) is 218. The third-order valence-corrected chi connectivity index (χ3v) is 24.4. The Hall–Kier alpha value is -1.32. The second kappa shape index (κ2) is 30.0. The van der Waals surface area contributed by atoms with E-state index >= 15 is 0 Å². The van der Waals surface area contributed by atoms with Crippen LogP contribution >= 0.6 is 0 Å². The molecule has 20 N–H and O–H groups in total. The van der Waals surface area contributed by atoms with Crippen molar-refractivity contribution in [3.05, 3.63) is 0 Å². The molecule has 0 radical (unpaired) electrons. The van der Waals surface area contributed by atoms with Crippen LogP contribution in [0.25, 0.3) is 0 Å². The van der Waals surface area contributed by atoms with Gasteiger partial charge in [-0.25, -0.2) is 0 Å². The first kappa shape index (κ1) is 75.8. The molecule has 556 valence electrons. The Morgan fingerprint density at radius 2 is 1.00 bits per heavy atom. The van der Waals surface area contributed by atoms with E-state index in [9.17, 15) is 102 Å². The number of aliphatic hydroxyl groups excluding tert-OH is 19. The Labute approximate surface area is 555 Å². The summed E-state index contributed by atoms with van der Waals surface area (Å²) in [6.45, 7) is 5.08. The molecule has 0 aromatic carbocycles. The van der Waals surface area contributed by atoms with Gasteiger partial charge in [0.05, 0.1) is 58.5 Å². The fraction of sp³-hybridized carbons (Fsp3) is 1.00. The summed E-state index contributed by atoms with van der Waals surface area (Å²) in [7, 11) is 0. The molecule has 33 nitrogen and oxygen atoms in total. The molecule has 0 amide bonds. The summed E-state index contributed by atoms with van der Waals surface area (Å²) < 4.78 is 78.4. The molecule has 41 atom stereocenters. The van der Waals surface area contributed by atoms with Crippen LogP contribution in [-0.2, 0) is 61.6 Å². The van der Waals surface area contributed by atoms with Crippen molar-refractivity contribution in [1.82, 2.24) is 0 Å². The molecule has 0 spiro atoms. The van der Waals surface area contributed by atoms with Gasteiger partial charge in [-0.1, -0.05) is 27.7 Å². The predicted molar refractivity (Wildman–Crippen MR) is 315 cm³/mol. The molecule has 0 bridgehead atoms. The zero-order valence-electron chi connectivity index (χ0n) is 54.6. The average molecular weight is 1390 g/mol. The Kier molecular flexibility index (Phi) is 23.7. The predicted octanol–water partition coefficient (Wildman–Crippen LogP) is -7.28. The normalized spacial score (nSPS) is 55.6. The smallest absolute Gasteiger partial charge is 0.194 e. The van der Waals surface area contributed by atoms with Crippen LogP contribution in [0, 0.1) is 52.3 Å². The summed E-state index contributed by atoms with van der Waals surface area (Å²) >= 11 is 0. The van der Waals surface area contributed by atoms with Crippen molar-refractivity contribution < 1.29 is 164 Å². The van der Waals surface area contributed by atoms with Gasteiger partial charge in [0, 0.05) is 12.3 Å². The maximum absolute atomic E-state index is 12.2. The topological polar surface area (TPSA) is 525 Å². The first-order valence-corrected chi connectivity index (χ1v) is 34.2. The second-order valence-corrected chi connectivity index (χ2v) is 30.0. The van der Waals surface area contributed by atoms with E-state index < -0.39 is 229 Å². The third kappa shape index (κ3) is 13.9. The maximum Gasteiger partial charge on any atom is 0.194 e. The van der Waals surface area contributed by atoms with Crippen LogP contribution in [0.15, 0.2) is 0 Å². The van der Waals surface area contributed by atoms with Gasteiger partial charge in [0.2, 0.25) is 0 Å². The summed E-state index contributed by atoms with van der Waals surface area (Å²) in [5.41, 5.74) is -0.165. The lowest BCUT2D eigenvalue weighted by atomic mass is 9.44. The highest BCUT2D eigenvalue weighted by atomic mass is 16.8. The monoisotopic (exact) mass is 1390 g/mol. The maximum atomic E-state index is 12.2. The van der Waals surface area contributed by atoms with Crippen molar-refractivity contribution in [3.8, 4) is 0 Å². The van der Waals surface area contributed by atoms with Gasteiger partial charge in [-0.2, -0.15) is 0 Å². The first-order valence-electron chi connectivity index (χ1n) is 34.2. The summed E-state index contributed by atoms with van der Waals surface area (Å²) in [4.78, 5) is 0. The molecule has 4 unspecified atom stereocenters. The van der Waals surface area contributed by atoms with Crippen molar-refractivity contribution >= 4 is 0 Å². The number of hydrogen-bond acceptors (Lipinski definition) is 33. The molecule has 7 saturated heterocycles. The molecule has 11 rings (SSSR count). The number of fused-ring (bicyclic) bond motifs is 7. The molecule has 0 aromatic rings. The van der Waals surface area contributed by atoms with E-state index in [4.69, 9.17) is 61.6 Å². The van der Waals surface area contributed by atoms with E-state index in [0.29, 0.717) is 43.4 Å². The SMILES string of the molecule is CC(CC[C@@]1(O)OC2C[C@H]3[C@@H]4CC[C@H]5C[C@@H](O[C@@H]6O[C@H](CO)[C@H](O[C@@H]7O[C@H](CO)[C@@H](O)[C@H](O[C@@H]8O[C@H](CO)[C@@H](O)[C@H](O)[C@H]8O)[C@H]7O[C@@H]7O[C@H](CO)[C@@H](O)[C@H](O[C@@]8(C)OC[C@@H](O)[C@H](O)[C@@H]8O)[C@H]7O)[C@H](O)[C@H]6O)CC[C@]5(C)[C@H]4CC[C@]3(C)C2C1C)CO[C@@H]1O[C@H](CO)[C@@H](O)[C@H](O)[C@H]1O. The average Bonchev–Trinajstić information content (AvgIpc) is 1.50. The van der Waals surface area contributed by atoms with E-state index in [1.807, 2.05) is 6.92 Å². The molecule has 4 saturated carbocycles. The van der Waals surface area contributed by atoms with Crippen molar-refractivity contribution in [3.63, 3.8) is 0 Å². The Morgan fingerprint density at radius 1 is 0.479 bits per heavy atom. The van der Waals surface area contributed by atoms with E-state index in [1.54, 1.807) is 0 Å². The lowest BCUT2D eigenvalue weighted by Crippen LogP contribution is -2.70. The summed E-state index contributed by atoms with van der Waals surface area (Å²) in [5.74, 6) is -2.42. The van der Waals surface area contributed by atoms with Gasteiger partial charge in [0.15, 0.2) is 43.0 Å². The highest BCUT2D eigenvalue weighted by Gasteiger charge is 2.69. The second-order valence-electron chi connectivity index (χ2n) is 30.0. The Balaban J connectivity index is 0.743. The van der Waals surface area contributed by atoms with Gasteiger partial charge in [0.1, 0.15) is 140 Å². The van der Waals surface area contributed by atoms with Crippen molar-refractivity contribution in [2.24, 2.45) is 52.3 Å². The molecule has 11 aliphatic rings. The van der Waals surface area contributed by atoms with Crippen molar-refractivity contribution in [2.75, 3.05) is 46.2 Å². The lowest BCUT2D eigenvalue weighted by Gasteiger charge is -2.61. The molecule has 0 aromatic heterocycles. The van der Waals surface area contributed by atoms with Crippen molar-refractivity contribution in [2.45, 2.75) is 294 Å². The highest BCUT2D eigenvalue weighted by Crippen LogP contribution is 2.71. The van der Waals surface area contributed by atoms with Gasteiger partial charge in [-0.3, -0.25) is 0 Å². The van der Waals surface area contributed by atoms with Gasteiger partial charge in [-0.05, 0) is 111 Å². The Morgan fingerprint density at radius 3 is 1.64 bits per heavy atom. The molecule has 33 heteroatoms. The Bertz CT molecular complexity index is 2510. The number of hydrogen-bond donors (Lipinski definition) is 20. The summed E-state index contributed by atoms with van der Waals surface area (Å²) in [6.07, 6.45) is -43.6. The number of ether oxygens (including phenoxy) is 13. The standard InChI is InChI=1S/C63H106O33/c1-23(21-84-55-46(78)43(75)39(71)32(16-64)87-55)8-13-63(83)24(2)37-31(95-63)15-29-27-7-6-25-14-26(9-11-60(25,3)28(27)10-12-61(29,37)4)86-56-48(80)45(77)50(36(20-68)91-56)92-59-53(52(42(74)35(19-67)90-59)93-57-47(79)44(76)40(72)33(17-65)88-57)94-58-49(81)51(41(73)34(18-66)89-58)96-62(5)54(82)38(70)30(69)22-85-62/h23-59,64-83H,6-22H2,1-5H3/t23?,24?,25-,26-,27+,28-,29-,30+,31?,32+,33+,34+,35+,36+,37?,38-,39+,40+,41+,42+,43-,44-,45+,46+,47+,48+,49+,50-,51-,52-,53+,54-,55+,56+,57-,58-,59-,60-,61-,62+,63+/m0/s1. The molecule has 96 heavy (non-hydrogen) atoms. The minimum absolute atomic E-state index is 0.0755. The lowest BCUT2D eigenvalue weighted by molar-refractivity contribution is -0.416. The molecule has 7 aliphatic heterocycles. The summed E-state index contributed by atoms with van der Waals surface area (Å²) in [6, 6.07) is 0. The highest BCUT2D eigenvalue weighted by molar-refractivity contribution is 5.15. The van der Waals surface area contributed by atoms with Crippen molar-refractivity contribution in [1.29, 1.82) is 0 Å². The van der Waals surface area contributed by atoms with E-state index in [-0.39, 0.29) is 47.2 Å². The van der Waals surface area contributed by atoms with E-state index in [2.05, 4.69) is 20.8 Å². The minimum atomic E-state index is -2.25. The zero-order valence-corrected chi connectivity index (χ0v) is 54.6. The van der Waals surface area contributed by atoms with Gasteiger partial charge < -0.3 is 164 Å². The van der Waals surface area contributed by atoms with E-state index in [0.717, 1.165) is 45.4 Å². The molecule has 7 heterocycles. The van der Waals surface area contributed by atoms with Gasteiger partial charge in [-0.15, -0.1) is 0 Å². The largest absolute Gasteiger partial charge is 0.394 e. The van der Waals surface area contributed by atoms with Crippen LogP contribution in [0.4, 0.5) is 0 Å². The number of aliphatic hydroxyl groups is 20. The molecule has 11 fully saturated rings. The van der Waals surface area contributed by atoms with Crippen LogP contribution < -0.4 is 0 Å². The van der Waals surface area contributed by atoms with Crippen LogP contribution in [0.3, 0.4) is 0 Å². The number of rotatable bonds is 21. The quantitative estimate of drug-likeness (QED) is 0.0475. The fourth-order valence-corrected chi connectivity index (χ4v) is 18.6. The molecular formula is C63H106O33. The zero-order chi connectivity index (χ0) is 69.6.